The molecule has 1 aromatic carbocycles. The number of carbonyl (C=O) groups excluding carboxylic acids is 1. The van der Waals surface area contributed by atoms with Gasteiger partial charge in [-0.2, -0.15) is 0 Å². The first-order valence-corrected chi connectivity index (χ1v) is 14.6. The van der Waals surface area contributed by atoms with Crippen LogP contribution in [0.4, 0.5) is 0 Å². The largest absolute Gasteiger partial charge is 0.481 e. The minimum atomic E-state index is -0.876. The number of aliphatic hydroxyl groups excluding tert-OH is 1. The zero-order valence-corrected chi connectivity index (χ0v) is 23.2. The zero-order chi connectivity index (χ0) is 27.8. The van der Waals surface area contributed by atoms with Gasteiger partial charge in [-0.15, -0.1) is 0 Å². The average molecular weight is 548 g/mol. The molecule has 0 aromatic heterocycles. The van der Waals surface area contributed by atoms with Crippen LogP contribution in [-0.4, -0.2) is 90.2 Å². The Morgan fingerprint density at radius 1 is 1.15 bits per heavy atom. The second-order valence-corrected chi connectivity index (χ2v) is 11.0. The maximum atomic E-state index is 13.5. The molecule has 10 heteroatoms. The molecule has 0 spiro atoms. The van der Waals surface area contributed by atoms with Crippen LogP contribution in [0.1, 0.15) is 75.3 Å². The maximum Gasteiger partial charge on any atom is 0.308 e. The molecule has 10 nitrogen and oxygen atoms in total. The molecule has 2 saturated heterocycles. The molecule has 218 valence electrons. The molecule has 4 N–H and O–H groups in total. The molecule has 4 rings (SSSR count). The van der Waals surface area contributed by atoms with Gasteiger partial charge in [-0.05, 0) is 69.2 Å². The molecule has 0 radical (unpaired) electrons. The molecule has 0 bridgehead atoms. The third-order valence-electron chi connectivity index (χ3n) is 8.37. The molecule has 0 saturated carbocycles. The van der Waals surface area contributed by atoms with Gasteiger partial charge in [-0.3, -0.25) is 14.5 Å². The molecule has 2 fully saturated rings. The normalized spacial score (nSPS) is 24.7. The standard InChI is InChI=1S/C29H45N3O7/c1-2-3-11-31(12-6-10-30)26(34)17-32-16-23(20-14-21(18-33)28-25(15-20)38-19-39-28)27(29(35)36)24(32)9-8-22-7-4-5-13-37-22/h14-15,22-24,27,33H,2-13,16-19,30H2,1H3,(H,35,36)/t22?,23-,24+,27-/m1/s1. The topological polar surface area (TPSA) is 135 Å². The first kappa shape index (κ1) is 29.6. The van der Waals surface area contributed by atoms with Gasteiger partial charge in [0.25, 0.3) is 0 Å². The number of likely N-dealkylation sites (tertiary alicyclic amines) is 1. The zero-order valence-electron chi connectivity index (χ0n) is 23.2. The van der Waals surface area contributed by atoms with Gasteiger partial charge >= 0.3 is 5.97 Å². The van der Waals surface area contributed by atoms with Crippen molar-refractivity contribution in [2.75, 3.05) is 46.1 Å². The second-order valence-electron chi connectivity index (χ2n) is 11.0. The van der Waals surface area contributed by atoms with Crippen LogP contribution < -0.4 is 15.2 Å². The first-order chi connectivity index (χ1) is 19.0. The van der Waals surface area contributed by atoms with E-state index in [1.54, 1.807) is 0 Å². The number of benzene rings is 1. The van der Waals surface area contributed by atoms with Gasteiger partial charge in [0.1, 0.15) is 0 Å². The molecule has 0 aliphatic carbocycles. The first-order valence-electron chi connectivity index (χ1n) is 14.6. The van der Waals surface area contributed by atoms with Crippen LogP contribution in [0.3, 0.4) is 0 Å². The van der Waals surface area contributed by atoms with Gasteiger partial charge in [-0.25, -0.2) is 0 Å². The lowest BCUT2D eigenvalue weighted by Gasteiger charge is -2.31. The number of ether oxygens (including phenoxy) is 3. The molecule has 1 unspecified atom stereocenters. The van der Waals surface area contributed by atoms with Crippen LogP contribution in [0.5, 0.6) is 11.5 Å². The Morgan fingerprint density at radius 3 is 2.67 bits per heavy atom. The Balaban J connectivity index is 1.60. The van der Waals surface area contributed by atoms with E-state index in [0.717, 1.165) is 57.1 Å². The van der Waals surface area contributed by atoms with Crippen molar-refractivity contribution in [3.63, 3.8) is 0 Å². The fourth-order valence-corrected chi connectivity index (χ4v) is 6.29. The Kier molecular flexibility index (Phi) is 10.8. The van der Waals surface area contributed by atoms with Crippen LogP contribution in [-0.2, 0) is 20.9 Å². The number of nitrogens with zero attached hydrogens (tertiary/aromatic N) is 2. The molecule has 1 aromatic rings. The van der Waals surface area contributed by atoms with Gasteiger partial charge in [0.15, 0.2) is 11.5 Å². The van der Waals surface area contributed by atoms with Crippen molar-refractivity contribution in [3.8, 4) is 11.5 Å². The van der Waals surface area contributed by atoms with Crippen molar-refractivity contribution in [1.29, 1.82) is 0 Å². The van der Waals surface area contributed by atoms with Crippen molar-refractivity contribution in [1.82, 2.24) is 9.80 Å². The summed E-state index contributed by atoms with van der Waals surface area (Å²) < 4.78 is 17.1. The highest BCUT2D eigenvalue weighted by Gasteiger charge is 2.47. The Bertz CT molecular complexity index is 960. The fourth-order valence-electron chi connectivity index (χ4n) is 6.29. The molecule has 1 amide bonds. The molecule has 3 aliphatic heterocycles. The van der Waals surface area contributed by atoms with E-state index in [2.05, 4.69) is 11.8 Å². The molecule has 4 atom stereocenters. The average Bonchev–Trinajstić information content (AvgIpc) is 3.56. The summed E-state index contributed by atoms with van der Waals surface area (Å²) >= 11 is 0. The summed E-state index contributed by atoms with van der Waals surface area (Å²) in [5.74, 6) is -0.895. The Morgan fingerprint density at radius 2 is 1.97 bits per heavy atom. The number of carboxylic acids is 1. The summed E-state index contributed by atoms with van der Waals surface area (Å²) in [6.45, 7) is 5.09. The summed E-state index contributed by atoms with van der Waals surface area (Å²) in [4.78, 5) is 30.3. The van der Waals surface area contributed by atoms with Crippen LogP contribution in [0, 0.1) is 5.92 Å². The molecule has 39 heavy (non-hydrogen) atoms. The number of fused-ring (bicyclic) bond motifs is 1. The van der Waals surface area contributed by atoms with Gasteiger partial charge in [-0.1, -0.05) is 13.3 Å². The van der Waals surface area contributed by atoms with Crippen LogP contribution in [0.2, 0.25) is 0 Å². The van der Waals surface area contributed by atoms with E-state index in [1.165, 1.54) is 0 Å². The third-order valence-corrected chi connectivity index (χ3v) is 8.37. The number of carbonyl (C=O) groups is 2. The third kappa shape index (κ3) is 7.22. The number of rotatable bonds is 14. The number of unbranched alkanes of at least 4 members (excludes halogenated alkanes) is 1. The van der Waals surface area contributed by atoms with Crippen LogP contribution in [0.25, 0.3) is 0 Å². The number of carboxylic acid groups (broad SMARTS) is 1. The summed E-state index contributed by atoms with van der Waals surface area (Å²) in [5, 5.41) is 20.5. The second kappa shape index (κ2) is 14.3. The SMILES string of the molecule is CCCCN(CCCN)C(=O)CN1C[C@H](c2cc(CO)c3c(c2)OCO3)[C@@H](C(=O)O)[C@@H]1CCC1CCCCO1. The summed E-state index contributed by atoms with van der Waals surface area (Å²) in [5.41, 5.74) is 7.11. The smallest absolute Gasteiger partial charge is 0.308 e. The number of aliphatic hydroxyl groups is 1. The van der Waals surface area contributed by atoms with Crippen molar-refractivity contribution in [2.45, 2.75) is 83.0 Å². The van der Waals surface area contributed by atoms with Gasteiger partial charge < -0.3 is 35.1 Å². The highest BCUT2D eigenvalue weighted by molar-refractivity contribution is 5.79. The lowest BCUT2D eigenvalue weighted by Crippen LogP contribution is -2.45. The lowest BCUT2D eigenvalue weighted by molar-refractivity contribution is -0.144. The molecule has 3 aliphatic rings. The number of aliphatic carboxylic acids is 1. The van der Waals surface area contributed by atoms with Crippen molar-refractivity contribution >= 4 is 11.9 Å². The van der Waals surface area contributed by atoms with Crippen LogP contribution in [0.15, 0.2) is 12.1 Å². The summed E-state index contributed by atoms with van der Waals surface area (Å²) in [7, 11) is 0. The number of nitrogens with two attached hydrogens (primary N) is 1. The van der Waals surface area contributed by atoms with E-state index in [0.29, 0.717) is 49.7 Å². The molecule has 3 heterocycles. The minimum Gasteiger partial charge on any atom is -0.481 e. The van der Waals surface area contributed by atoms with E-state index in [1.807, 2.05) is 17.0 Å². The van der Waals surface area contributed by atoms with Gasteiger partial charge in [0.05, 0.1) is 25.2 Å². The summed E-state index contributed by atoms with van der Waals surface area (Å²) in [6, 6.07) is 3.35. The Labute approximate surface area is 231 Å². The van der Waals surface area contributed by atoms with Crippen molar-refractivity contribution in [2.24, 2.45) is 11.7 Å². The van der Waals surface area contributed by atoms with Gasteiger partial charge in [0.2, 0.25) is 12.7 Å². The molecular formula is C29H45N3O7. The van der Waals surface area contributed by atoms with Gasteiger partial charge in [0, 0.05) is 43.8 Å². The van der Waals surface area contributed by atoms with E-state index in [4.69, 9.17) is 19.9 Å². The lowest BCUT2D eigenvalue weighted by atomic mass is 9.82. The number of hydrogen-bond acceptors (Lipinski definition) is 8. The molecular weight excluding hydrogens is 502 g/mol. The van der Waals surface area contributed by atoms with E-state index >= 15 is 0 Å². The summed E-state index contributed by atoms with van der Waals surface area (Å²) in [6.07, 6.45) is 7.34. The van der Waals surface area contributed by atoms with E-state index in [9.17, 15) is 19.8 Å². The fraction of sp³-hybridized carbons (Fsp3) is 0.724. The Hall–Kier alpha value is -2.40. The monoisotopic (exact) mass is 547 g/mol. The minimum absolute atomic E-state index is 0.0161. The highest BCUT2D eigenvalue weighted by atomic mass is 16.7. The van der Waals surface area contributed by atoms with Crippen molar-refractivity contribution < 1.29 is 34.0 Å². The number of hydrogen-bond donors (Lipinski definition) is 3. The quantitative estimate of drug-likeness (QED) is 0.321. The van der Waals surface area contributed by atoms with E-state index in [-0.39, 0.29) is 43.9 Å². The predicted molar refractivity (Wildman–Crippen MR) is 146 cm³/mol. The van der Waals surface area contributed by atoms with E-state index < -0.39 is 11.9 Å². The maximum absolute atomic E-state index is 13.5. The number of amides is 1. The predicted octanol–water partition coefficient (Wildman–Crippen LogP) is 2.70. The highest BCUT2D eigenvalue weighted by Crippen LogP contribution is 2.45. The van der Waals surface area contributed by atoms with Crippen LogP contribution >= 0.6 is 0 Å². The van der Waals surface area contributed by atoms with Crippen molar-refractivity contribution in [3.05, 3.63) is 23.3 Å².